The number of ether oxygens (including phenoxy) is 2. The lowest BCUT2D eigenvalue weighted by Gasteiger charge is -2.09. The van der Waals surface area contributed by atoms with Crippen molar-refractivity contribution in [2.24, 2.45) is 5.92 Å². The summed E-state index contributed by atoms with van der Waals surface area (Å²) < 4.78 is 10.5. The SMILES string of the molecule is COc1ccc(C[CH]CCCC2CC2)cc1OC. The van der Waals surface area contributed by atoms with Gasteiger partial charge in [0.1, 0.15) is 0 Å². The molecule has 1 aromatic rings. The first kappa shape index (κ1) is 13.3. The van der Waals surface area contributed by atoms with Gasteiger partial charge in [-0.2, -0.15) is 0 Å². The lowest BCUT2D eigenvalue weighted by Crippen LogP contribution is -1.93. The summed E-state index contributed by atoms with van der Waals surface area (Å²) in [5.41, 5.74) is 1.29. The first-order valence-electron chi connectivity index (χ1n) is 6.86. The molecular formula is C16H23O2. The van der Waals surface area contributed by atoms with Crippen LogP contribution in [0.4, 0.5) is 0 Å². The average Bonchev–Trinajstić information content (AvgIpc) is 3.22. The number of rotatable bonds is 8. The summed E-state index contributed by atoms with van der Waals surface area (Å²) in [7, 11) is 3.35. The van der Waals surface area contributed by atoms with Gasteiger partial charge in [-0.05, 0) is 42.9 Å². The van der Waals surface area contributed by atoms with Crippen molar-refractivity contribution >= 4 is 0 Å². The van der Waals surface area contributed by atoms with Crippen LogP contribution in [-0.4, -0.2) is 14.2 Å². The molecule has 2 heteroatoms. The van der Waals surface area contributed by atoms with Gasteiger partial charge in [0.25, 0.3) is 0 Å². The highest BCUT2D eigenvalue weighted by atomic mass is 16.5. The predicted octanol–water partition coefficient (Wildman–Crippen LogP) is 4.03. The third-order valence-corrected chi connectivity index (χ3v) is 3.55. The predicted molar refractivity (Wildman–Crippen MR) is 74.1 cm³/mol. The van der Waals surface area contributed by atoms with Crippen LogP contribution in [0.15, 0.2) is 18.2 Å². The minimum Gasteiger partial charge on any atom is -0.493 e. The van der Waals surface area contributed by atoms with Crippen molar-refractivity contribution in [2.45, 2.75) is 38.5 Å². The van der Waals surface area contributed by atoms with E-state index in [0.717, 1.165) is 23.8 Å². The van der Waals surface area contributed by atoms with E-state index < -0.39 is 0 Å². The molecule has 0 bridgehead atoms. The zero-order valence-corrected chi connectivity index (χ0v) is 11.4. The van der Waals surface area contributed by atoms with Crippen LogP contribution in [0.5, 0.6) is 11.5 Å². The molecule has 1 saturated carbocycles. The maximum absolute atomic E-state index is 5.31. The van der Waals surface area contributed by atoms with Crippen molar-refractivity contribution in [3.63, 3.8) is 0 Å². The van der Waals surface area contributed by atoms with Crippen molar-refractivity contribution in [3.05, 3.63) is 30.2 Å². The van der Waals surface area contributed by atoms with Crippen molar-refractivity contribution in [2.75, 3.05) is 14.2 Å². The second kappa shape index (κ2) is 6.67. The van der Waals surface area contributed by atoms with E-state index in [1.807, 2.05) is 6.07 Å². The van der Waals surface area contributed by atoms with Crippen LogP contribution < -0.4 is 9.47 Å². The molecule has 1 radical (unpaired) electrons. The molecule has 0 saturated heterocycles. The van der Waals surface area contributed by atoms with E-state index in [1.165, 1.54) is 37.7 Å². The quantitative estimate of drug-likeness (QED) is 0.646. The van der Waals surface area contributed by atoms with Crippen LogP contribution in [0.1, 0.15) is 37.7 Å². The Bertz CT molecular complexity index is 369. The summed E-state index contributed by atoms with van der Waals surface area (Å²) >= 11 is 0. The van der Waals surface area contributed by atoms with Gasteiger partial charge in [-0.25, -0.2) is 0 Å². The summed E-state index contributed by atoms with van der Waals surface area (Å²) in [4.78, 5) is 0. The van der Waals surface area contributed by atoms with Crippen molar-refractivity contribution < 1.29 is 9.47 Å². The van der Waals surface area contributed by atoms with E-state index in [4.69, 9.17) is 9.47 Å². The molecule has 0 unspecified atom stereocenters. The largest absolute Gasteiger partial charge is 0.493 e. The van der Waals surface area contributed by atoms with Gasteiger partial charge < -0.3 is 9.47 Å². The number of benzene rings is 1. The Morgan fingerprint density at radius 2 is 1.94 bits per heavy atom. The maximum Gasteiger partial charge on any atom is 0.160 e. The van der Waals surface area contributed by atoms with Gasteiger partial charge in [-0.15, -0.1) is 0 Å². The van der Waals surface area contributed by atoms with Crippen LogP contribution in [0.3, 0.4) is 0 Å². The Labute approximate surface area is 110 Å². The molecule has 1 aliphatic rings. The molecule has 99 valence electrons. The Morgan fingerprint density at radius 1 is 1.17 bits per heavy atom. The molecule has 0 aromatic heterocycles. The molecule has 0 atom stereocenters. The van der Waals surface area contributed by atoms with Gasteiger partial charge >= 0.3 is 0 Å². The smallest absolute Gasteiger partial charge is 0.160 e. The van der Waals surface area contributed by atoms with Crippen LogP contribution in [0.2, 0.25) is 0 Å². The maximum atomic E-state index is 5.31. The lowest BCUT2D eigenvalue weighted by atomic mass is 10.0. The summed E-state index contributed by atoms with van der Waals surface area (Å²) in [6.07, 6.45) is 10.3. The Hall–Kier alpha value is -1.18. The van der Waals surface area contributed by atoms with Crippen molar-refractivity contribution in [1.29, 1.82) is 0 Å². The highest BCUT2D eigenvalue weighted by Gasteiger charge is 2.19. The molecule has 18 heavy (non-hydrogen) atoms. The fourth-order valence-electron chi connectivity index (χ4n) is 2.23. The topological polar surface area (TPSA) is 18.5 Å². The Morgan fingerprint density at radius 3 is 2.61 bits per heavy atom. The fourth-order valence-corrected chi connectivity index (χ4v) is 2.23. The number of hydrogen-bond donors (Lipinski definition) is 0. The molecule has 1 aromatic carbocycles. The van der Waals surface area contributed by atoms with E-state index in [9.17, 15) is 0 Å². The minimum absolute atomic E-state index is 0.801. The summed E-state index contributed by atoms with van der Waals surface area (Å²) in [6, 6.07) is 6.15. The van der Waals surface area contributed by atoms with Crippen LogP contribution >= 0.6 is 0 Å². The highest BCUT2D eigenvalue weighted by Crippen LogP contribution is 2.34. The zero-order valence-electron chi connectivity index (χ0n) is 11.4. The van der Waals surface area contributed by atoms with Crippen molar-refractivity contribution in [3.8, 4) is 11.5 Å². The second-order valence-electron chi connectivity index (χ2n) is 5.06. The lowest BCUT2D eigenvalue weighted by molar-refractivity contribution is 0.354. The molecular weight excluding hydrogens is 224 g/mol. The van der Waals surface area contributed by atoms with Gasteiger partial charge in [0, 0.05) is 0 Å². The molecule has 0 N–H and O–H groups in total. The summed E-state index contributed by atoms with van der Waals surface area (Å²) in [6.45, 7) is 0. The molecule has 0 amide bonds. The van der Waals surface area contributed by atoms with Gasteiger partial charge in [0.2, 0.25) is 0 Å². The second-order valence-corrected chi connectivity index (χ2v) is 5.06. The molecule has 0 heterocycles. The molecule has 2 nitrogen and oxygen atoms in total. The Kier molecular flexibility index (Phi) is 4.91. The van der Waals surface area contributed by atoms with Gasteiger partial charge in [-0.1, -0.05) is 31.7 Å². The van der Waals surface area contributed by atoms with E-state index in [1.54, 1.807) is 14.2 Å². The van der Waals surface area contributed by atoms with Crippen LogP contribution in [-0.2, 0) is 6.42 Å². The Balaban J connectivity index is 1.73. The van der Waals surface area contributed by atoms with Crippen LogP contribution in [0, 0.1) is 12.3 Å². The third-order valence-electron chi connectivity index (χ3n) is 3.55. The highest BCUT2D eigenvalue weighted by molar-refractivity contribution is 5.43. The zero-order chi connectivity index (χ0) is 12.8. The fraction of sp³-hybridized carbons (Fsp3) is 0.562. The molecule has 0 aliphatic heterocycles. The van der Waals surface area contributed by atoms with E-state index in [0.29, 0.717) is 0 Å². The average molecular weight is 247 g/mol. The van der Waals surface area contributed by atoms with Gasteiger partial charge in [0.05, 0.1) is 14.2 Å². The van der Waals surface area contributed by atoms with E-state index in [-0.39, 0.29) is 0 Å². The third kappa shape index (κ3) is 3.94. The van der Waals surface area contributed by atoms with Crippen LogP contribution in [0.25, 0.3) is 0 Å². The first-order valence-corrected chi connectivity index (χ1v) is 6.86. The normalized spacial score (nSPS) is 14.6. The molecule has 1 fully saturated rings. The van der Waals surface area contributed by atoms with Crippen molar-refractivity contribution in [1.82, 2.24) is 0 Å². The number of unbranched alkanes of at least 4 members (excludes halogenated alkanes) is 2. The van der Waals surface area contributed by atoms with Gasteiger partial charge in [-0.3, -0.25) is 0 Å². The first-order chi connectivity index (χ1) is 8.83. The van der Waals surface area contributed by atoms with Gasteiger partial charge in [0.15, 0.2) is 11.5 Å². The number of hydrogen-bond acceptors (Lipinski definition) is 2. The number of methoxy groups -OCH3 is 2. The molecule has 1 aliphatic carbocycles. The van der Waals surface area contributed by atoms with E-state index >= 15 is 0 Å². The molecule has 2 rings (SSSR count). The van der Waals surface area contributed by atoms with E-state index in [2.05, 4.69) is 18.6 Å². The monoisotopic (exact) mass is 247 g/mol. The minimum atomic E-state index is 0.801. The summed E-state index contributed by atoms with van der Waals surface area (Å²) in [5, 5.41) is 0. The molecule has 0 spiro atoms. The summed E-state index contributed by atoms with van der Waals surface area (Å²) in [5.74, 6) is 2.68. The standard InChI is InChI=1S/C16H23O2/c1-17-15-11-10-14(12-16(15)18-2)7-5-3-4-6-13-8-9-13/h5,10-13H,3-4,6-9H2,1-2H3.